The third-order valence-corrected chi connectivity index (χ3v) is 2.67. The van der Waals surface area contributed by atoms with Gasteiger partial charge in [0, 0.05) is 17.7 Å². The number of rotatable bonds is 3. The van der Waals surface area contributed by atoms with Crippen LogP contribution in [0.4, 0.5) is 0 Å². The molecule has 1 amide bonds. The van der Waals surface area contributed by atoms with E-state index in [1.165, 1.54) is 0 Å². The van der Waals surface area contributed by atoms with Crippen molar-refractivity contribution in [3.05, 3.63) is 40.6 Å². The van der Waals surface area contributed by atoms with E-state index in [1.807, 2.05) is 0 Å². The van der Waals surface area contributed by atoms with Crippen LogP contribution in [0.2, 0.25) is 0 Å². The predicted molar refractivity (Wildman–Crippen MR) is 64.1 cm³/mol. The fourth-order valence-corrected chi connectivity index (χ4v) is 1.70. The van der Waals surface area contributed by atoms with Crippen molar-refractivity contribution in [2.45, 2.75) is 6.54 Å². The highest BCUT2D eigenvalue weighted by Gasteiger charge is 2.11. The minimum atomic E-state index is -0.259. The smallest absolute Gasteiger partial charge is 0.271 e. The normalized spacial score (nSPS) is 10.2. The number of aryl methyl sites for hydroxylation is 1. The third kappa shape index (κ3) is 2.88. The van der Waals surface area contributed by atoms with E-state index < -0.39 is 0 Å². The van der Waals surface area contributed by atoms with Gasteiger partial charge >= 0.3 is 0 Å². The van der Waals surface area contributed by atoms with Crippen molar-refractivity contribution >= 4 is 21.8 Å². The number of hydrogen-bond donors (Lipinski definition) is 1. The molecule has 0 spiro atoms. The van der Waals surface area contributed by atoms with Crippen LogP contribution in [0.3, 0.4) is 0 Å². The van der Waals surface area contributed by atoms with E-state index >= 15 is 0 Å². The summed E-state index contributed by atoms with van der Waals surface area (Å²) in [4.78, 5) is 19.8. The van der Waals surface area contributed by atoms with Crippen molar-refractivity contribution in [2.75, 3.05) is 0 Å². The van der Waals surface area contributed by atoms with E-state index in [4.69, 9.17) is 0 Å². The first-order valence-corrected chi connectivity index (χ1v) is 5.69. The first-order chi connectivity index (χ1) is 8.16. The molecule has 2 heterocycles. The van der Waals surface area contributed by atoms with E-state index in [0.29, 0.717) is 16.0 Å². The number of carbonyl (C=O) groups excluding carboxylic acids is 1. The second-order valence-corrected chi connectivity index (χ2v) is 4.21. The van der Waals surface area contributed by atoms with Gasteiger partial charge in [-0.1, -0.05) is 0 Å². The molecule has 0 unspecified atom stereocenters. The number of amides is 1. The lowest BCUT2D eigenvalue weighted by Gasteiger charge is -2.03. The molecule has 0 aliphatic heterocycles. The van der Waals surface area contributed by atoms with Gasteiger partial charge in [0.05, 0.1) is 6.54 Å². The molecule has 0 aromatic carbocycles. The number of pyridine rings is 1. The standard InChI is InChI=1S/C10H10BrN5O/c1-16-6-14-8(15-16)5-13-10(17)9-7(11)3-2-4-12-9/h2-4,6H,5H2,1H3,(H,13,17). The minimum Gasteiger partial charge on any atom is -0.343 e. The molecule has 17 heavy (non-hydrogen) atoms. The average Bonchev–Trinajstić information content (AvgIpc) is 2.73. The van der Waals surface area contributed by atoms with Gasteiger partial charge < -0.3 is 5.32 Å². The average molecular weight is 296 g/mol. The van der Waals surface area contributed by atoms with Crippen molar-refractivity contribution in [3.8, 4) is 0 Å². The van der Waals surface area contributed by atoms with Crippen molar-refractivity contribution in [1.82, 2.24) is 25.1 Å². The Bertz CT molecular complexity index is 539. The predicted octanol–water partition coefficient (Wildman–Crippen LogP) is 0.903. The zero-order chi connectivity index (χ0) is 12.3. The molecular weight excluding hydrogens is 286 g/mol. The molecule has 2 aromatic heterocycles. The summed E-state index contributed by atoms with van der Waals surface area (Å²) in [5.41, 5.74) is 0.350. The van der Waals surface area contributed by atoms with E-state index in [9.17, 15) is 4.79 Å². The second-order valence-electron chi connectivity index (χ2n) is 3.35. The molecule has 0 saturated carbocycles. The van der Waals surface area contributed by atoms with Crippen LogP contribution in [0, 0.1) is 0 Å². The lowest BCUT2D eigenvalue weighted by molar-refractivity contribution is 0.0944. The van der Waals surface area contributed by atoms with E-state index in [0.717, 1.165) is 0 Å². The molecule has 2 aromatic rings. The Morgan fingerprint density at radius 1 is 1.53 bits per heavy atom. The van der Waals surface area contributed by atoms with E-state index in [2.05, 4.69) is 36.3 Å². The lowest BCUT2D eigenvalue weighted by Crippen LogP contribution is -2.24. The monoisotopic (exact) mass is 295 g/mol. The number of carbonyl (C=O) groups is 1. The Kier molecular flexibility index (Phi) is 3.48. The first-order valence-electron chi connectivity index (χ1n) is 4.90. The summed E-state index contributed by atoms with van der Waals surface area (Å²) in [5, 5.41) is 6.76. The number of nitrogens with one attached hydrogen (secondary N) is 1. The van der Waals surface area contributed by atoms with Gasteiger partial charge in [0.15, 0.2) is 5.82 Å². The maximum Gasteiger partial charge on any atom is 0.271 e. The highest BCUT2D eigenvalue weighted by Crippen LogP contribution is 2.12. The maximum absolute atomic E-state index is 11.8. The molecule has 2 rings (SSSR count). The summed E-state index contributed by atoms with van der Waals surface area (Å²) in [6.07, 6.45) is 3.15. The largest absolute Gasteiger partial charge is 0.343 e. The quantitative estimate of drug-likeness (QED) is 0.913. The number of nitrogens with zero attached hydrogens (tertiary/aromatic N) is 4. The molecule has 0 bridgehead atoms. The Hall–Kier alpha value is -1.76. The number of hydrogen-bond acceptors (Lipinski definition) is 4. The molecule has 7 heteroatoms. The Morgan fingerprint density at radius 3 is 3.00 bits per heavy atom. The molecule has 0 aliphatic rings. The van der Waals surface area contributed by atoms with Crippen LogP contribution in [-0.2, 0) is 13.6 Å². The van der Waals surface area contributed by atoms with Gasteiger partial charge in [0.2, 0.25) is 0 Å². The Labute approximate surface area is 106 Å². The summed E-state index contributed by atoms with van der Waals surface area (Å²) >= 11 is 3.27. The van der Waals surface area contributed by atoms with Crippen molar-refractivity contribution in [1.29, 1.82) is 0 Å². The maximum atomic E-state index is 11.8. The van der Waals surface area contributed by atoms with Crippen LogP contribution in [0.15, 0.2) is 29.1 Å². The Morgan fingerprint density at radius 2 is 2.35 bits per heavy atom. The van der Waals surface area contributed by atoms with Gasteiger partial charge in [-0.05, 0) is 28.1 Å². The molecule has 6 nitrogen and oxygen atoms in total. The fraction of sp³-hybridized carbons (Fsp3) is 0.200. The summed E-state index contributed by atoms with van der Waals surface area (Å²) in [5.74, 6) is 0.304. The summed E-state index contributed by atoms with van der Waals surface area (Å²) in [7, 11) is 1.77. The molecule has 0 saturated heterocycles. The zero-order valence-corrected chi connectivity index (χ0v) is 10.7. The van der Waals surface area contributed by atoms with Crippen molar-refractivity contribution in [3.63, 3.8) is 0 Å². The third-order valence-electron chi connectivity index (χ3n) is 2.03. The van der Waals surface area contributed by atoms with Crippen LogP contribution in [0.5, 0.6) is 0 Å². The highest BCUT2D eigenvalue weighted by molar-refractivity contribution is 9.10. The molecular formula is C10H10BrN5O. The first kappa shape index (κ1) is 11.7. The van der Waals surface area contributed by atoms with Gasteiger partial charge in [-0.2, -0.15) is 5.10 Å². The topological polar surface area (TPSA) is 72.7 Å². The second kappa shape index (κ2) is 5.05. The molecule has 0 atom stereocenters. The van der Waals surface area contributed by atoms with Crippen LogP contribution >= 0.6 is 15.9 Å². The summed E-state index contributed by atoms with van der Waals surface area (Å²) < 4.78 is 2.24. The minimum absolute atomic E-state index is 0.259. The summed E-state index contributed by atoms with van der Waals surface area (Å²) in [6, 6.07) is 3.52. The van der Waals surface area contributed by atoms with Crippen LogP contribution in [0.1, 0.15) is 16.3 Å². The lowest BCUT2D eigenvalue weighted by atomic mass is 10.3. The van der Waals surface area contributed by atoms with Gasteiger partial charge in [-0.3, -0.25) is 9.48 Å². The molecule has 0 radical (unpaired) electrons. The molecule has 0 fully saturated rings. The van der Waals surface area contributed by atoms with Crippen LogP contribution in [0.25, 0.3) is 0 Å². The molecule has 0 aliphatic carbocycles. The number of halogens is 1. The SMILES string of the molecule is Cn1cnc(CNC(=O)c2ncccc2Br)n1. The Balaban J connectivity index is 2.01. The molecule has 88 valence electrons. The fourth-order valence-electron chi connectivity index (χ4n) is 1.26. The summed E-state index contributed by atoms with van der Waals surface area (Å²) in [6.45, 7) is 0.280. The van der Waals surface area contributed by atoms with Crippen LogP contribution in [-0.4, -0.2) is 25.7 Å². The molecule has 1 N–H and O–H groups in total. The van der Waals surface area contributed by atoms with E-state index in [-0.39, 0.29) is 12.5 Å². The van der Waals surface area contributed by atoms with Crippen molar-refractivity contribution < 1.29 is 4.79 Å². The highest BCUT2D eigenvalue weighted by atomic mass is 79.9. The van der Waals surface area contributed by atoms with Gasteiger partial charge in [0.25, 0.3) is 5.91 Å². The van der Waals surface area contributed by atoms with E-state index in [1.54, 1.807) is 36.4 Å². The van der Waals surface area contributed by atoms with Gasteiger partial charge in [-0.25, -0.2) is 9.97 Å². The van der Waals surface area contributed by atoms with Crippen LogP contribution < -0.4 is 5.32 Å². The zero-order valence-electron chi connectivity index (χ0n) is 9.09. The number of aromatic nitrogens is 4. The van der Waals surface area contributed by atoms with Crippen molar-refractivity contribution in [2.24, 2.45) is 7.05 Å². The van der Waals surface area contributed by atoms with Gasteiger partial charge in [0.1, 0.15) is 12.0 Å². The van der Waals surface area contributed by atoms with Gasteiger partial charge in [-0.15, -0.1) is 0 Å².